The van der Waals surface area contributed by atoms with Gasteiger partial charge in [0.05, 0.1) is 24.4 Å². The number of methoxy groups -OCH3 is 1. The fraction of sp³-hybridized carbons (Fsp3) is 0.100. The van der Waals surface area contributed by atoms with Gasteiger partial charge in [-0.15, -0.1) is 10.2 Å². The highest BCUT2D eigenvalue weighted by molar-refractivity contribution is 5.99. The van der Waals surface area contributed by atoms with E-state index in [1.54, 1.807) is 30.3 Å². The molecule has 0 atom stereocenters. The molecule has 0 unspecified atom stereocenters. The number of amides is 2. The fourth-order valence-corrected chi connectivity index (χ4v) is 2.93. The number of aromatic nitrogens is 5. The van der Waals surface area contributed by atoms with E-state index in [-0.39, 0.29) is 17.4 Å². The zero-order valence-corrected chi connectivity index (χ0v) is 16.8. The van der Waals surface area contributed by atoms with Gasteiger partial charge in [0.15, 0.2) is 11.5 Å². The molecule has 1 aromatic carbocycles. The minimum absolute atomic E-state index is 0.0331. The van der Waals surface area contributed by atoms with Crippen LogP contribution in [0.1, 0.15) is 26.5 Å². The molecule has 33 heavy (non-hydrogen) atoms. The number of carbonyl (C=O) groups is 2. The van der Waals surface area contributed by atoms with E-state index in [4.69, 9.17) is 4.74 Å². The maximum Gasteiger partial charge on any atom is 0.434 e. The van der Waals surface area contributed by atoms with E-state index in [2.05, 4.69) is 25.7 Å². The van der Waals surface area contributed by atoms with Crippen molar-refractivity contribution < 1.29 is 27.5 Å². The predicted octanol–water partition coefficient (Wildman–Crippen LogP) is 2.31. The van der Waals surface area contributed by atoms with Crippen molar-refractivity contribution in [2.45, 2.75) is 6.18 Å². The first-order valence-corrected chi connectivity index (χ1v) is 9.27. The van der Waals surface area contributed by atoms with Crippen LogP contribution in [0.15, 0.2) is 54.7 Å². The quantitative estimate of drug-likeness (QED) is 0.451. The van der Waals surface area contributed by atoms with Crippen LogP contribution in [-0.4, -0.2) is 43.9 Å². The predicted molar refractivity (Wildman–Crippen MR) is 107 cm³/mol. The molecule has 10 nitrogen and oxygen atoms in total. The Hall–Kier alpha value is -4.55. The summed E-state index contributed by atoms with van der Waals surface area (Å²) in [6.07, 6.45) is -4.25. The second-order valence-corrected chi connectivity index (χ2v) is 6.55. The Balaban J connectivity index is 1.56. The minimum atomic E-state index is -4.96. The number of halogens is 3. The maximum atomic E-state index is 13.7. The average Bonchev–Trinajstić information content (AvgIpc) is 3.28. The monoisotopic (exact) mass is 457 g/mol. The van der Waals surface area contributed by atoms with Crippen LogP contribution in [0.25, 0.3) is 16.7 Å². The SMILES string of the molecule is COc1ccc(-n2ncc(C(=O)NNC(=O)c3ccc4ccccc4n3)c2C(F)(F)F)nn1. The van der Waals surface area contributed by atoms with Crippen LogP contribution in [0, 0.1) is 0 Å². The van der Waals surface area contributed by atoms with Gasteiger partial charge in [-0.2, -0.15) is 18.3 Å². The third kappa shape index (κ3) is 4.42. The summed E-state index contributed by atoms with van der Waals surface area (Å²) < 4.78 is 46.5. The maximum absolute atomic E-state index is 13.7. The molecule has 0 radical (unpaired) electrons. The number of alkyl halides is 3. The molecule has 2 N–H and O–H groups in total. The summed E-state index contributed by atoms with van der Waals surface area (Å²) in [6.45, 7) is 0. The van der Waals surface area contributed by atoms with E-state index in [1.165, 1.54) is 25.3 Å². The first kappa shape index (κ1) is 21.7. The Morgan fingerprint density at radius 2 is 1.73 bits per heavy atom. The van der Waals surface area contributed by atoms with Crippen LogP contribution in [0.5, 0.6) is 5.88 Å². The summed E-state index contributed by atoms with van der Waals surface area (Å²) in [5.41, 5.74) is 2.30. The summed E-state index contributed by atoms with van der Waals surface area (Å²) in [5, 5.41) is 11.6. The number of hydrazine groups is 1. The normalized spacial score (nSPS) is 11.3. The number of nitrogens with zero attached hydrogens (tertiary/aromatic N) is 5. The standard InChI is InChI=1S/C20H14F3N7O3/c1-33-16-9-8-15(26-27-16)30-17(20(21,22)23)12(10-24-30)18(31)28-29-19(32)14-7-6-11-4-2-3-5-13(11)25-14/h2-10H,1H3,(H,28,31)(H,29,32). The molecule has 0 aliphatic heterocycles. The van der Waals surface area contributed by atoms with Crippen LogP contribution in [0.4, 0.5) is 13.2 Å². The van der Waals surface area contributed by atoms with Gasteiger partial charge in [-0.25, -0.2) is 9.67 Å². The van der Waals surface area contributed by atoms with E-state index in [9.17, 15) is 22.8 Å². The number of benzene rings is 1. The van der Waals surface area contributed by atoms with Crippen molar-refractivity contribution in [1.29, 1.82) is 0 Å². The molecule has 3 aromatic heterocycles. The molecule has 168 valence electrons. The summed E-state index contributed by atoms with van der Waals surface area (Å²) >= 11 is 0. The van der Waals surface area contributed by atoms with Gasteiger partial charge < -0.3 is 4.74 Å². The molecular weight excluding hydrogens is 443 g/mol. The number of hydrogen-bond acceptors (Lipinski definition) is 7. The van der Waals surface area contributed by atoms with Gasteiger partial charge in [-0.05, 0) is 18.2 Å². The number of nitrogens with one attached hydrogen (secondary N) is 2. The number of ether oxygens (including phenoxy) is 1. The van der Waals surface area contributed by atoms with Gasteiger partial charge >= 0.3 is 6.18 Å². The van der Waals surface area contributed by atoms with Gasteiger partial charge in [-0.3, -0.25) is 20.4 Å². The van der Waals surface area contributed by atoms with Gasteiger partial charge in [0.2, 0.25) is 5.88 Å². The van der Waals surface area contributed by atoms with E-state index in [0.29, 0.717) is 16.4 Å². The first-order chi connectivity index (χ1) is 15.8. The zero-order valence-electron chi connectivity index (χ0n) is 16.8. The van der Waals surface area contributed by atoms with Gasteiger partial charge in [0.1, 0.15) is 5.69 Å². The molecule has 0 aliphatic carbocycles. The lowest BCUT2D eigenvalue weighted by atomic mass is 10.2. The molecule has 0 fully saturated rings. The molecule has 0 spiro atoms. The van der Waals surface area contributed by atoms with Crippen LogP contribution in [0.2, 0.25) is 0 Å². The fourth-order valence-electron chi connectivity index (χ4n) is 2.93. The van der Waals surface area contributed by atoms with E-state index in [0.717, 1.165) is 5.39 Å². The van der Waals surface area contributed by atoms with Gasteiger partial charge in [0.25, 0.3) is 11.8 Å². The van der Waals surface area contributed by atoms with E-state index in [1.807, 2.05) is 5.43 Å². The van der Waals surface area contributed by atoms with E-state index >= 15 is 0 Å². The Kier molecular flexibility index (Phi) is 5.60. The number of para-hydroxylation sites is 1. The van der Waals surface area contributed by atoms with Crippen molar-refractivity contribution in [2.75, 3.05) is 7.11 Å². The summed E-state index contributed by atoms with van der Waals surface area (Å²) in [7, 11) is 1.32. The Morgan fingerprint density at radius 1 is 0.970 bits per heavy atom. The second kappa shape index (κ2) is 8.53. The molecule has 0 saturated heterocycles. The third-order valence-corrected chi connectivity index (χ3v) is 4.46. The zero-order chi connectivity index (χ0) is 23.6. The number of carbonyl (C=O) groups excluding carboxylic acids is 2. The molecule has 4 rings (SSSR count). The molecule has 13 heteroatoms. The molecule has 3 heterocycles. The summed E-state index contributed by atoms with van der Waals surface area (Å²) in [6, 6.07) is 12.6. The molecule has 0 saturated carbocycles. The molecule has 4 aromatic rings. The highest BCUT2D eigenvalue weighted by atomic mass is 19.4. The molecular formula is C20H14F3N7O3. The number of hydrogen-bond donors (Lipinski definition) is 2. The van der Waals surface area contributed by atoms with Crippen molar-refractivity contribution in [2.24, 2.45) is 0 Å². The summed E-state index contributed by atoms with van der Waals surface area (Å²) in [4.78, 5) is 28.9. The van der Waals surface area contributed by atoms with Crippen LogP contribution in [-0.2, 0) is 6.18 Å². The van der Waals surface area contributed by atoms with Crippen LogP contribution < -0.4 is 15.6 Å². The highest BCUT2D eigenvalue weighted by Gasteiger charge is 2.41. The van der Waals surface area contributed by atoms with E-state index < -0.39 is 29.2 Å². The van der Waals surface area contributed by atoms with Crippen LogP contribution in [0.3, 0.4) is 0 Å². The van der Waals surface area contributed by atoms with Crippen molar-refractivity contribution in [3.8, 4) is 11.7 Å². The first-order valence-electron chi connectivity index (χ1n) is 9.27. The Labute approximate surface area is 183 Å². The topological polar surface area (TPSA) is 124 Å². The van der Waals surface area contributed by atoms with Crippen molar-refractivity contribution >= 4 is 22.7 Å². The largest absolute Gasteiger partial charge is 0.480 e. The Morgan fingerprint density at radius 3 is 2.42 bits per heavy atom. The van der Waals surface area contributed by atoms with Gasteiger partial charge in [-0.1, -0.05) is 24.3 Å². The van der Waals surface area contributed by atoms with Crippen molar-refractivity contribution in [3.05, 3.63) is 71.7 Å². The number of rotatable bonds is 4. The minimum Gasteiger partial charge on any atom is -0.480 e. The highest BCUT2D eigenvalue weighted by Crippen LogP contribution is 2.33. The Bertz CT molecular complexity index is 1340. The van der Waals surface area contributed by atoms with Gasteiger partial charge in [0, 0.05) is 11.5 Å². The lowest BCUT2D eigenvalue weighted by Crippen LogP contribution is -2.42. The number of fused-ring (bicyclic) bond motifs is 1. The lowest BCUT2D eigenvalue weighted by molar-refractivity contribution is -0.143. The molecule has 2 amide bonds. The van der Waals surface area contributed by atoms with Crippen LogP contribution >= 0.6 is 0 Å². The third-order valence-electron chi connectivity index (χ3n) is 4.46. The molecule has 0 bridgehead atoms. The molecule has 0 aliphatic rings. The van der Waals surface area contributed by atoms with Crippen molar-refractivity contribution in [3.63, 3.8) is 0 Å². The van der Waals surface area contributed by atoms with Crippen molar-refractivity contribution in [1.82, 2.24) is 35.8 Å². The number of pyridine rings is 1. The lowest BCUT2D eigenvalue weighted by Gasteiger charge is -2.12. The smallest absolute Gasteiger partial charge is 0.434 e. The second-order valence-electron chi connectivity index (χ2n) is 6.55. The summed E-state index contributed by atoms with van der Waals surface area (Å²) in [5.74, 6) is -2.24. The average molecular weight is 457 g/mol.